The van der Waals surface area contributed by atoms with Gasteiger partial charge in [0.25, 0.3) is 0 Å². The predicted molar refractivity (Wildman–Crippen MR) is 137 cm³/mol. The molecule has 3 aromatic rings. The summed E-state index contributed by atoms with van der Waals surface area (Å²) in [6.07, 6.45) is 6.23. The van der Waals surface area contributed by atoms with E-state index in [1.54, 1.807) is 6.08 Å². The molecule has 4 nitrogen and oxygen atoms in total. The van der Waals surface area contributed by atoms with Crippen LogP contribution in [0.4, 0.5) is 5.69 Å². The SMILES string of the molecule is Cc1cc(Cl)ccc1/C(=C(\c1ccc(/C=C/C(=O)O)cc1)c1ccc(N)c(C=N)c1)C1CC1. The van der Waals surface area contributed by atoms with Crippen LogP contribution in [0.5, 0.6) is 0 Å². The molecule has 1 fully saturated rings. The molecule has 4 N–H and O–H groups in total. The van der Waals surface area contributed by atoms with Gasteiger partial charge in [-0.05, 0) is 95.0 Å². The first-order valence-electron chi connectivity index (χ1n) is 10.8. The minimum atomic E-state index is -0.977. The molecule has 0 amide bonds. The van der Waals surface area contributed by atoms with Crippen LogP contribution < -0.4 is 5.73 Å². The maximum atomic E-state index is 10.9. The summed E-state index contributed by atoms with van der Waals surface area (Å²) in [6, 6.07) is 19.7. The molecule has 5 heteroatoms. The van der Waals surface area contributed by atoms with Crippen LogP contribution in [0.3, 0.4) is 0 Å². The Balaban J connectivity index is 1.96. The number of nitrogens with two attached hydrogens (primary N) is 1. The summed E-state index contributed by atoms with van der Waals surface area (Å²) < 4.78 is 0. The van der Waals surface area contributed by atoms with Gasteiger partial charge in [0.2, 0.25) is 0 Å². The van der Waals surface area contributed by atoms with Gasteiger partial charge in [0.05, 0.1) is 0 Å². The number of aliphatic carboxylic acids is 1. The van der Waals surface area contributed by atoms with Gasteiger partial charge in [-0.3, -0.25) is 0 Å². The molecule has 0 unspecified atom stereocenters. The third kappa shape index (κ3) is 5.07. The summed E-state index contributed by atoms with van der Waals surface area (Å²) in [5.41, 5.74) is 14.8. The van der Waals surface area contributed by atoms with Crippen LogP contribution in [0.1, 0.15) is 46.2 Å². The van der Waals surface area contributed by atoms with Gasteiger partial charge in [-0.25, -0.2) is 4.79 Å². The predicted octanol–water partition coefficient (Wildman–Crippen LogP) is 6.70. The number of nitrogen functional groups attached to an aromatic ring is 1. The van der Waals surface area contributed by atoms with Gasteiger partial charge < -0.3 is 16.2 Å². The maximum absolute atomic E-state index is 10.9. The smallest absolute Gasteiger partial charge is 0.328 e. The molecule has 3 aromatic carbocycles. The highest BCUT2D eigenvalue weighted by molar-refractivity contribution is 6.30. The number of hydrogen-bond donors (Lipinski definition) is 3. The van der Waals surface area contributed by atoms with Crippen LogP contribution in [0.2, 0.25) is 5.02 Å². The molecule has 0 radical (unpaired) electrons. The van der Waals surface area contributed by atoms with Gasteiger partial charge in [-0.1, -0.05) is 48.0 Å². The van der Waals surface area contributed by atoms with Crippen LogP contribution in [-0.2, 0) is 4.79 Å². The highest BCUT2D eigenvalue weighted by Gasteiger charge is 2.31. The van der Waals surface area contributed by atoms with E-state index in [2.05, 4.69) is 13.0 Å². The van der Waals surface area contributed by atoms with Crippen molar-refractivity contribution in [2.24, 2.45) is 5.92 Å². The standard InChI is InChI=1S/C28H25ClN2O2/c1-17-14-23(29)10-11-24(17)28(20-7-8-20)27(21-9-12-25(31)22(15-21)16-30)19-5-2-18(3-6-19)4-13-26(32)33/h2-6,9-16,20,30H,7-8,31H2,1H3,(H,32,33)/b13-4+,28-27+,30-16?. The highest BCUT2D eigenvalue weighted by Crippen LogP contribution is 2.48. The lowest BCUT2D eigenvalue weighted by Crippen LogP contribution is -2.01. The average Bonchev–Trinajstić information content (AvgIpc) is 3.63. The molecular weight excluding hydrogens is 432 g/mol. The number of anilines is 1. The zero-order chi connectivity index (χ0) is 23.5. The van der Waals surface area contributed by atoms with Crippen molar-refractivity contribution in [3.63, 3.8) is 0 Å². The topological polar surface area (TPSA) is 87.2 Å². The molecule has 1 aliphatic carbocycles. The number of nitrogens with one attached hydrogen (secondary N) is 1. The third-order valence-corrected chi connectivity index (χ3v) is 6.12. The van der Waals surface area contributed by atoms with Gasteiger partial charge in [0.1, 0.15) is 0 Å². The average molecular weight is 457 g/mol. The number of halogens is 1. The number of rotatable bonds is 7. The van der Waals surface area contributed by atoms with Crippen molar-refractivity contribution in [1.29, 1.82) is 5.41 Å². The minimum Gasteiger partial charge on any atom is -0.478 e. The van der Waals surface area contributed by atoms with E-state index in [-0.39, 0.29) is 0 Å². The van der Waals surface area contributed by atoms with E-state index in [4.69, 9.17) is 27.9 Å². The molecule has 0 saturated heterocycles. The lowest BCUT2D eigenvalue weighted by atomic mass is 9.85. The van der Waals surface area contributed by atoms with E-state index in [1.807, 2.05) is 54.6 Å². The second kappa shape index (κ2) is 9.47. The number of hydrogen-bond acceptors (Lipinski definition) is 3. The maximum Gasteiger partial charge on any atom is 0.328 e. The Morgan fingerprint density at radius 3 is 2.36 bits per heavy atom. The first kappa shape index (κ1) is 22.6. The van der Waals surface area contributed by atoms with Crippen molar-refractivity contribution in [3.8, 4) is 0 Å². The van der Waals surface area contributed by atoms with E-state index >= 15 is 0 Å². The third-order valence-electron chi connectivity index (χ3n) is 5.88. The van der Waals surface area contributed by atoms with Gasteiger partial charge in [0.15, 0.2) is 0 Å². The fourth-order valence-electron chi connectivity index (χ4n) is 4.12. The van der Waals surface area contributed by atoms with Crippen LogP contribution in [0.25, 0.3) is 17.2 Å². The molecule has 4 rings (SSSR count). The lowest BCUT2D eigenvalue weighted by Gasteiger charge is -2.20. The van der Waals surface area contributed by atoms with Crippen LogP contribution >= 0.6 is 11.6 Å². The van der Waals surface area contributed by atoms with Crippen molar-refractivity contribution in [3.05, 3.63) is 105 Å². The Kier molecular flexibility index (Phi) is 6.47. The number of benzene rings is 3. The van der Waals surface area contributed by atoms with Crippen molar-refractivity contribution in [2.45, 2.75) is 19.8 Å². The summed E-state index contributed by atoms with van der Waals surface area (Å²) >= 11 is 6.25. The number of carbonyl (C=O) groups is 1. The van der Waals surface area contributed by atoms with Crippen molar-refractivity contribution in [2.75, 3.05) is 5.73 Å². The van der Waals surface area contributed by atoms with Gasteiger partial charge in [-0.15, -0.1) is 0 Å². The zero-order valence-corrected chi connectivity index (χ0v) is 19.1. The Morgan fingerprint density at radius 1 is 1.06 bits per heavy atom. The molecule has 0 heterocycles. The largest absolute Gasteiger partial charge is 0.478 e. The lowest BCUT2D eigenvalue weighted by molar-refractivity contribution is -0.131. The van der Waals surface area contributed by atoms with E-state index in [1.165, 1.54) is 17.4 Å². The summed E-state index contributed by atoms with van der Waals surface area (Å²) in [4.78, 5) is 10.9. The molecule has 0 aromatic heterocycles. The fraction of sp³-hybridized carbons (Fsp3) is 0.143. The van der Waals surface area contributed by atoms with E-state index in [9.17, 15) is 4.79 Å². The van der Waals surface area contributed by atoms with Crippen molar-refractivity contribution >= 4 is 46.7 Å². The molecule has 0 spiro atoms. The Hall–Kier alpha value is -3.63. The van der Waals surface area contributed by atoms with Gasteiger partial charge in [0, 0.05) is 28.6 Å². The number of aryl methyl sites for hydroxylation is 1. The van der Waals surface area contributed by atoms with E-state index in [0.717, 1.165) is 46.7 Å². The van der Waals surface area contributed by atoms with Crippen LogP contribution in [0, 0.1) is 18.3 Å². The second-order valence-electron chi connectivity index (χ2n) is 8.30. The molecule has 0 aliphatic heterocycles. The first-order chi connectivity index (χ1) is 15.9. The second-order valence-corrected chi connectivity index (χ2v) is 8.74. The Bertz CT molecular complexity index is 1290. The van der Waals surface area contributed by atoms with Crippen LogP contribution in [0.15, 0.2) is 66.7 Å². The highest BCUT2D eigenvalue weighted by atomic mass is 35.5. The fourth-order valence-corrected chi connectivity index (χ4v) is 4.35. The van der Waals surface area contributed by atoms with Gasteiger partial charge >= 0.3 is 5.97 Å². The first-order valence-corrected chi connectivity index (χ1v) is 11.2. The molecule has 33 heavy (non-hydrogen) atoms. The molecule has 1 aliphatic rings. The molecular formula is C28H25ClN2O2. The molecule has 0 atom stereocenters. The number of allylic oxidation sites excluding steroid dienone is 1. The van der Waals surface area contributed by atoms with E-state index < -0.39 is 5.97 Å². The molecule has 0 bridgehead atoms. The zero-order valence-electron chi connectivity index (χ0n) is 18.3. The normalized spacial score (nSPS) is 14.2. The van der Waals surface area contributed by atoms with E-state index in [0.29, 0.717) is 22.2 Å². The monoisotopic (exact) mass is 456 g/mol. The van der Waals surface area contributed by atoms with Gasteiger partial charge in [-0.2, -0.15) is 0 Å². The van der Waals surface area contributed by atoms with Crippen LogP contribution in [-0.4, -0.2) is 17.3 Å². The summed E-state index contributed by atoms with van der Waals surface area (Å²) in [5, 5.41) is 17.4. The summed E-state index contributed by atoms with van der Waals surface area (Å²) in [7, 11) is 0. The Labute approximate surface area is 198 Å². The number of carboxylic acids is 1. The minimum absolute atomic E-state index is 0.437. The van der Waals surface area contributed by atoms with Crippen molar-refractivity contribution < 1.29 is 9.90 Å². The summed E-state index contributed by atoms with van der Waals surface area (Å²) in [6.45, 7) is 2.08. The molecule has 166 valence electrons. The number of carboxylic acid groups (broad SMARTS) is 1. The molecule has 1 saturated carbocycles. The quantitative estimate of drug-likeness (QED) is 0.160. The summed E-state index contributed by atoms with van der Waals surface area (Å²) in [5.74, 6) is -0.539. The Morgan fingerprint density at radius 2 is 1.76 bits per heavy atom. The van der Waals surface area contributed by atoms with Crippen molar-refractivity contribution in [1.82, 2.24) is 0 Å².